The van der Waals surface area contributed by atoms with Crippen LogP contribution in [0.5, 0.6) is 0 Å². The number of aliphatic hydroxyl groups excluding tert-OH is 1. The van der Waals surface area contributed by atoms with Crippen LogP contribution in [0.4, 0.5) is 0 Å². The molecule has 3 N–H and O–H groups in total. The van der Waals surface area contributed by atoms with Crippen LogP contribution in [0.15, 0.2) is 54.6 Å². The van der Waals surface area contributed by atoms with Crippen molar-refractivity contribution in [1.82, 2.24) is 0 Å². The highest BCUT2D eigenvalue weighted by molar-refractivity contribution is 5.33. The average Bonchev–Trinajstić information content (AvgIpc) is 2.47. The highest BCUT2D eigenvalue weighted by atomic mass is 16.3. The Bertz CT molecular complexity index is 558. The molecule has 2 atom stereocenters. The first-order chi connectivity index (χ1) is 9.20. The minimum absolute atomic E-state index is 0.451. The summed E-state index contributed by atoms with van der Waals surface area (Å²) >= 11 is 0. The predicted octanol–water partition coefficient (Wildman–Crippen LogP) is 2.16. The monoisotopic (exact) mass is 252 g/mol. The largest absolute Gasteiger partial charge is 0.391 e. The molecule has 3 nitrogen and oxygen atoms in total. The molecular formula is C16H16N2O. The number of nitriles is 1. The van der Waals surface area contributed by atoms with E-state index in [-0.39, 0.29) is 0 Å². The van der Waals surface area contributed by atoms with Crippen molar-refractivity contribution in [1.29, 1.82) is 5.26 Å². The molecule has 0 aromatic heterocycles. The minimum atomic E-state index is -0.643. The van der Waals surface area contributed by atoms with Crippen molar-refractivity contribution in [2.24, 2.45) is 5.73 Å². The molecule has 0 saturated heterocycles. The molecule has 0 aliphatic carbocycles. The lowest BCUT2D eigenvalue weighted by molar-refractivity contribution is 0.145. The van der Waals surface area contributed by atoms with E-state index in [9.17, 15) is 5.11 Å². The number of rotatable bonds is 4. The van der Waals surface area contributed by atoms with E-state index in [1.54, 1.807) is 24.3 Å². The van der Waals surface area contributed by atoms with Gasteiger partial charge in [-0.25, -0.2) is 0 Å². The summed E-state index contributed by atoms with van der Waals surface area (Å²) in [6.07, 6.45) is -0.127. The van der Waals surface area contributed by atoms with Gasteiger partial charge in [0.05, 0.1) is 23.8 Å². The summed E-state index contributed by atoms with van der Waals surface area (Å²) in [5.74, 6) is 0. The molecule has 0 fully saturated rings. The fourth-order valence-corrected chi connectivity index (χ4v) is 1.98. The zero-order valence-corrected chi connectivity index (χ0v) is 10.5. The maximum Gasteiger partial charge on any atom is 0.0991 e. The Kier molecular flexibility index (Phi) is 4.30. The lowest BCUT2D eigenvalue weighted by Gasteiger charge is -2.19. The van der Waals surface area contributed by atoms with Crippen LogP contribution in [0, 0.1) is 11.3 Å². The molecule has 0 aliphatic heterocycles. The first kappa shape index (κ1) is 13.3. The Morgan fingerprint density at radius 3 is 2.26 bits per heavy atom. The highest BCUT2D eigenvalue weighted by Crippen LogP contribution is 2.18. The van der Waals surface area contributed by atoms with Crippen LogP contribution < -0.4 is 5.73 Å². The molecular weight excluding hydrogens is 236 g/mol. The predicted molar refractivity (Wildman–Crippen MR) is 74.2 cm³/mol. The normalized spacial score (nSPS) is 13.5. The third-order valence-corrected chi connectivity index (χ3v) is 3.13. The van der Waals surface area contributed by atoms with Gasteiger partial charge in [-0.3, -0.25) is 0 Å². The van der Waals surface area contributed by atoms with Crippen molar-refractivity contribution in [3.63, 3.8) is 0 Å². The van der Waals surface area contributed by atoms with Crippen molar-refractivity contribution in [2.45, 2.75) is 18.6 Å². The van der Waals surface area contributed by atoms with Gasteiger partial charge in [-0.15, -0.1) is 0 Å². The summed E-state index contributed by atoms with van der Waals surface area (Å²) in [7, 11) is 0. The summed E-state index contributed by atoms with van der Waals surface area (Å²) in [4.78, 5) is 0. The van der Waals surface area contributed by atoms with Crippen molar-refractivity contribution < 1.29 is 5.11 Å². The first-order valence-corrected chi connectivity index (χ1v) is 6.18. The van der Waals surface area contributed by atoms with Gasteiger partial charge in [0.1, 0.15) is 0 Å². The molecule has 96 valence electrons. The molecule has 0 aliphatic rings. The molecule has 0 amide bonds. The van der Waals surface area contributed by atoms with Gasteiger partial charge >= 0.3 is 0 Å². The number of hydrogen-bond donors (Lipinski definition) is 2. The molecule has 0 unspecified atom stereocenters. The quantitative estimate of drug-likeness (QED) is 0.876. The summed E-state index contributed by atoms with van der Waals surface area (Å²) < 4.78 is 0. The molecule has 19 heavy (non-hydrogen) atoms. The Balaban J connectivity index is 2.06. The second-order valence-electron chi connectivity index (χ2n) is 4.52. The lowest BCUT2D eigenvalue weighted by atomic mass is 9.96. The Labute approximate surface area is 112 Å². The van der Waals surface area contributed by atoms with Gasteiger partial charge in [0.15, 0.2) is 0 Å². The third-order valence-electron chi connectivity index (χ3n) is 3.13. The van der Waals surface area contributed by atoms with Crippen LogP contribution in [0.25, 0.3) is 0 Å². The van der Waals surface area contributed by atoms with E-state index in [0.29, 0.717) is 12.0 Å². The summed E-state index contributed by atoms with van der Waals surface area (Å²) in [5, 5.41) is 18.9. The van der Waals surface area contributed by atoms with Crippen LogP contribution in [0.3, 0.4) is 0 Å². The number of nitrogens with two attached hydrogens (primary N) is 1. The van der Waals surface area contributed by atoms with E-state index in [1.807, 2.05) is 30.3 Å². The van der Waals surface area contributed by atoms with E-state index in [4.69, 9.17) is 11.0 Å². The van der Waals surface area contributed by atoms with Gasteiger partial charge in [-0.2, -0.15) is 5.26 Å². The summed E-state index contributed by atoms with van der Waals surface area (Å²) in [5.41, 5.74) is 8.53. The topological polar surface area (TPSA) is 70.0 Å². The Hall–Kier alpha value is -2.15. The highest BCUT2D eigenvalue weighted by Gasteiger charge is 2.17. The van der Waals surface area contributed by atoms with Gasteiger partial charge in [-0.05, 0) is 23.3 Å². The molecule has 0 saturated carbocycles. The van der Waals surface area contributed by atoms with Crippen molar-refractivity contribution in [3.8, 4) is 6.07 Å². The van der Waals surface area contributed by atoms with Crippen LogP contribution in [-0.4, -0.2) is 11.2 Å². The molecule has 0 spiro atoms. The number of nitrogens with zero attached hydrogens (tertiary/aromatic N) is 1. The number of hydrogen-bond acceptors (Lipinski definition) is 3. The smallest absolute Gasteiger partial charge is 0.0991 e. The minimum Gasteiger partial charge on any atom is -0.391 e. The van der Waals surface area contributed by atoms with Crippen LogP contribution in [0.1, 0.15) is 22.7 Å². The molecule has 3 heteroatoms. The molecule has 2 aromatic carbocycles. The van der Waals surface area contributed by atoms with Gasteiger partial charge in [0, 0.05) is 6.42 Å². The molecule has 0 heterocycles. The fourth-order valence-electron chi connectivity index (χ4n) is 1.98. The lowest BCUT2D eigenvalue weighted by Crippen LogP contribution is -2.28. The summed E-state index contributed by atoms with van der Waals surface area (Å²) in [6, 6.07) is 18.4. The van der Waals surface area contributed by atoms with E-state index in [0.717, 1.165) is 11.1 Å². The maximum atomic E-state index is 10.2. The van der Waals surface area contributed by atoms with Crippen molar-refractivity contribution in [2.75, 3.05) is 0 Å². The van der Waals surface area contributed by atoms with Gasteiger partial charge < -0.3 is 10.8 Å². The Morgan fingerprint density at radius 2 is 1.68 bits per heavy atom. The number of aliphatic hydroxyl groups is 1. The molecule has 0 bridgehead atoms. The second-order valence-corrected chi connectivity index (χ2v) is 4.52. The van der Waals surface area contributed by atoms with Crippen LogP contribution >= 0.6 is 0 Å². The maximum absolute atomic E-state index is 10.2. The standard InChI is InChI=1S/C16H16N2O/c17-11-13-6-8-14(9-7-13)16(18)15(19)10-12-4-2-1-3-5-12/h1-9,15-16,19H,10,18H2/t15-,16+/m1/s1. The Morgan fingerprint density at radius 1 is 1.05 bits per heavy atom. The van der Waals surface area contributed by atoms with Gasteiger partial charge in [-0.1, -0.05) is 42.5 Å². The molecule has 2 aromatic rings. The van der Waals surface area contributed by atoms with E-state index >= 15 is 0 Å². The second kappa shape index (κ2) is 6.14. The van der Waals surface area contributed by atoms with Gasteiger partial charge in [0.25, 0.3) is 0 Å². The SMILES string of the molecule is N#Cc1ccc([C@H](N)[C@H](O)Cc2ccccc2)cc1. The van der Waals surface area contributed by atoms with E-state index in [2.05, 4.69) is 6.07 Å². The number of benzene rings is 2. The molecule has 0 radical (unpaired) electrons. The van der Waals surface area contributed by atoms with E-state index < -0.39 is 12.1 Å². The van der Waals surface area contributed by atoms with Crippen LogP contribution in [-0.2, 0) is 6.42 Å². The molecule has 2 rings (SSSR count). The zero-order valence-electron chi connectivity index (χ0n) is 10.5. The third kappa shape index (κ3) is 3.41. The van der Waals surface area contributed by atoms with Crippen molar-refractivity contribution in [3.05, 3.63) is 71.3 Å². The van der Waals surface area contributed by atoms with Gasteiger partial charge in [0.2, 0.25) is 0 Å². The first-order valence-electron chi connectivity index (χ1n) is 6.18. The average molecular weight is 252 g/mol. The van der Waals surface area contributed by atoms with E-state index in [1.165, 1.54) is 0 Å². The zero-order chi connectivity index (χ0) is 13.7. The summed E-state index contributed by atoms with van der Waals surface area (Å²) in [6.45, 7) is 0. The van der Waals surface area contributed by atoms with Crippen molar-refractivity contribution >= 4 is 0 Å². The van der Waals surface area contributed by atoms with Crippen LogP contribution in [0.2, 0.25) is 0 Å². The fraction of sp³-hybridized carbons (Fsp3) is 0.188.